The number of nitrogens with zero attached hydrogens (tertiary/aromatic N) is 1. The molecule has 0 radical (unpaired) electrons. The van der Waals surface area contributed by atoms with E-state index >= 15 is 0 Å². The Morgan fingerprint density at radius 2 is 2.00 bits per heavy atom. The van der Waals surface area contributed by atoms with Crippen LogP contribution in [0.5, 0.6) is 0 Å². The second-order valence-electron chi connectivity index (χ2n) is 5.66. The monoisotopic (exact) mass is 300 g/mol. The lowest BCUT2D eigenvalue weighted by molar-refractivity contribution is 0.615. The van der Waals surface area contributed by atoms with Crippen molar-refractivity contribution < 1.29 is 0 Å². The zero-order valence-electron chi connectivity index (χ0n) is 12.6. The molecule has 0 bridgehead atoms. The molecule has 0 saturated carbocycles. The standard InChI is InChI=1S/C18H21ClN2/c1-13-10-11-14-6-3-4-9-17(14)21(13)18-15(12-20-2)7-5-8-16(18)19/h3-9,13,20H,10-12H2,1-2H3. The zero-order valence-corrected chi connectivity index (χ0v) is 13.3. The molecular formula is C18H21ClN2. The van der Waals surface area contributed by atoms with Gasteiger partial charge in [0.05, 0.1) is 10.7 Å². The van der Waals surface area contributed by atoms with Gasteiger partial charge in [0.25, 0.3) is 0 Å². The van der Waals surface area contributed by atoms with Crippen LogP contribution in [0.4, 0.5) is 11.4 Å². The summed E-state index contributed by atoms with van der Waals surface area (Å²) in [6.45, 7) is 3.10. The first kappa shape index (κ1) is 14.4. The van der Waals surface area contributed by atoms with E-state index in [4.69, 9.17) is 11.6 Å². The van der Waals surface area contributed by atoms with Gasteiger partial charge in [0.1, 0.15) is 0 Å². The maximum atomic E-state index is 6.56. The number of hydrogen-bond acceptors (Lipinski definition) is 2. The number of para-hydroxylation sites is 2. The number of halogens is 1. The van der Waals surface area contributed by atoms with Crippen molar-refractivity contribution in [3.8, 4) is 0 Å². The highest BCUT2D eigenvalue weighted by Gasteiger charge is 2.27. The van der Waals surface area contributed by atoms with Crippen LogP contribution in [0, 0.1) is 0 Å². The Balaban J connectivity index is 2.16. The van der Waals surface area contributed by atoms with Gasteiger partial charge in [0, 0.05) is 18.3 Å². The van der Waals surface area contributed by atoms with Crippen molar-refractivity contribution in [2.75, 3.05) is 11.9 Å². The molecule has 0 aliphatic carbocycles. The number of hydrogen-bond donors (Lipinski definition) is 1. The minimum Gasteiger partial charge on any atom is -0.337 e. The maximum Gasteiger partial charge on any atom is 0.0648 e. The Bertz CT molecular complexity index is 639. The molecule has 2 aromatic rings. The first-order valence-corrected chi connectivity index (χ1v) is 7.89. The average molecular weight is 301 g/mol. The van der Waals surface area contributed by atoms with Crippen LogP contribution in [0.1, 0.15) is 24.5 Å². The summed E-state index contributed by atoms with van der Waals surface area (Å²) in [6.07, 6.45) is 2.29. The summed E-state index contributed by atoms with van der Waals surface area (Å²) in [5.74, 6) is 0. The van der Waals surface area contributed by atoms with Gasteiger partial charge in [0.15, 0.2) is 0 Å². The van der Waals surface area contributed by atoms with Crippen LogP contribution in [-0.4, -0.2) is 13.1 Å². The van der Waals surface area contributed by atoms with Gasteiger partial charge in [-0.15, -0.1) is 0 Å². The normalized spacial score (nSPS) is 17.7. The zero-order chi connectivity index (χ0) is 14.8. The van der Waals surface area contributed by atoms with Crippen molar-refractivity contribution in [2.24, 2.45) is 0 Å². The van der Waals surface area contributed by atoms with Crippen LogP contribution in [-0.2, 0) is 13.0 Å². The second-order valence-corrected chi connectivity index (χ2v) is 6.07. The minimum atomic E-state index is 0.454. The fourth-order valence-electron chi connectivity index (χ4n) is 3.19. The summed E-state index contributed by atoms with van der Waals surface area (Å²) >= 11 is 6.56. The lowest BCUT2D eigenvalue weighted by atomic mass is 9.95. The van der Waals surface area contributed by atoms with E-state index in [9.17, 15) is 0 Å². The fourth-order valence-corrected chi connectivity index (χ4v) is 3.48. The molecule has 2 nitrogen and oxygen atoms in total. The Kier molecular flexibility index (Phi) is 4.18. The second kappa shape index (κ2) is 6.08. The molecule has 110 valence electrons. The minimum absolute atomic E-state index is 0.454. The van der Waals surface area contributed by atoms with Gasteiger partial charge in [-0.05, 0) is 50.1 Å². The highest BCUT2D eigenvalue weighted by molar-refractivity contribution is 6.33. The van der Waals surface area contributed by atoms with Crippen molar-refractivity contribution in [2.45, 2.75) is 32.4 Å². The van der Waals surface area contributed by atoms with Crippen molar-refractivity contribution in [3.05, 3.63) is 58.6 Å². The number of anilines is 2. The van der Waals surface area contributed by atoms with Crippen LogP contribution < -0.4 is 10.2 Å². The summed E-state index contributed by atoms with van der Waals surface area (Å²) in [4.78, 5) is 2.41. The van der Waals surface area contributed by atoms with E-state index in [2.05, 4.69) is 47.5 Å². The molecule has 3 rings (SSSR count). The molecule has 1 N–H and O–H groups in total. The van der Waals surface area contributed by atoms with E-state index in [0.29, 0.717) is 6.04 Å². The van der Waals surface area contributed by atoms with Crippen molar-refractivity contribution >= 4 is 23.0 Å². The lowest BCUT2D eigenvalue weighted by Gasteiger charge is -2.38. The summed E-state index contributed by atoms with van der Waals surface area (Å²) in [7, 11) is 1.97. The number of benzene rings is 2. The van der Waals surface area contributed by atoms with E-state index in [1.54, 1.807) is 0 Å². The van der Waals surface area contributed by atoms with E-state index in [0.717, 1.165) is 30.1 Å². The molecule has 1 aliphatic heterocycles. The number of fused-ring (bicyclic) bond motifs is 1. The first-order valence-electron chi connectivity index (χ1n) is 7.51. The topological polar surface area (TPSA) is 15.3 Å². The van der Waals surface area contributed by atoms with E-state index in [1.165, 1.54) is 16.8 Å². The van der Waals surface area contributed by atoms with Gasteiger partial charge in [0.2, 0.25) is 0 Å². The van der Waals surface area contributed by atoms with Gasteiger partial charge in [-0.2, -0.15) is 0 Å². The Labute approximate surface area is 131 Å². The largest absolute Gasteiger partial charge is 0.337 e. The third-order valence-corrected chi connectivity index (χ3v) is 4.51. The lowest BCUT2D eigenvalue weighted by Crippen LogP contribution is -2.34. The van der Waals surface area contributed by atoms with Gasteiger partial charge in [-0.1, -0.05) is 41.9 Å². The summed E-state index contributed by atoms with van der Waals surface area (Å²) < 4.78 is 0. The molecule has 0 fully saturated rings. The van der Waals surface area contributed by atoms with Crippen LogP contribution in [0.3, 0.4) is 0 Å². The molecule has 0 saturated heterocycles. The highest BCUT2D eigenvalue weighted by atomic mass is 35.5. The average Bonchev–Trinajstić information content (AvgIpc) is 2.49. The van der Waals surface area contributed by atoms with E-state index in [1.807, 2.05) is 19.2 Å². The fraction of sp³-hybridized carbons (Fsp3) is 0.333. The van der Waals surface area contributed by atoms with Gasteiger partial charge >= 0.3 is 0 Å². The maximum absolute atomic E-state index is 6.56. The number of aryl methyl sites for hydroxylation is 1. The molecular weight excluding hydrogens is 280 g/mol. The number of nitrogens with one attached hydrogen (secondary N) is 1. The first-order chi connectivity index (χ1) is 10.2. The van der Waals surface area contributed by atoms with Gasteiger partial charge < -0.3 is 10.2 Å². The molecule has 0 aromatic heterocycles. The molecule has 1 atom stereocenters. The predicted octanol–water partition coefficient (Wildman–Crippen LogP) is 4.53. The van der Waals surface area contributed by atoms with Crippen molar-refractivity contribution in [1.29, 1.82) is 0 Å². The predicted molar refractivity (Wildman–Crippen MR) is 90.6 cm³/mol. The SMILES string of the molecule is CNCc1cccc(Cl)c1N1c2ccccc2CCC1C. The van der Waals surface area contributed by atoms with E-state index in [-0.39, 0.29) is 0 Å². The Morgan fingerprint density at radius 1 is 1.19 bits per heavy atom. The third kappa shape index (κ3) is 2.66. The van der Waals surface area contributed by atoms with Crippen molar-refractivity contribution in [3.63, 3.8) is 0 Å². The molecule has 0 amide bonds. The van der Waals surface area contributed by atoms with Crippen LogP contribution in [0.2, 0.25) is 5.02 Å². The third-order valence-electron chi connectivity index (χ3n) is 4.20. The van der Waals surface area contributed by atoms with Crippen molar-refractivity contribution in [1.82, 2.24) is 5.32 Å². The Morgan fingerprint density at radius 3 is 2.81 bits per heavy atom. The quantitative estimate of drug-likeness (QED) is 0.896. The van der Waals surface area contributed by atoms with Gasteiger partial charge in [-0.3, -0.25) is 0 Å². The number of rotatable bonds is 3. The molecule has 1 heterocycles. The van der Waals surface area contributed by atoms with E-state index < -0.39 is 0 Å². The molecule has 21 heavy (non-hydrogen) atoms. The summed E-state index contributed by atoms with van der Waals surface area (Å²) in [6, 6.07) is 15.3. The molecule has 3 heteroatoms. The van der Waals surface area contributed by atoms with Crippen LogP contribution in [0.15, 0.2) is 42.5 Å². The van der Waals surface area contributed by atoms with Crippen LogP contribution in [0.25, 0.3) is 0 Å². The highest BCUT2D eigenvalue weighted by Crippen LogP contribution is 2.41. The molecule has 1 unspecified atom stereocenters. The molecule has 0 spiro atoms. The molecule has 2 aromatic carbocycles. The van der Waals surface area contributed by atoms with Gasteiger partial charge in [-0.25, -0.2) is 0 Å². The Hall–Kier alpha value is -1.51. The van der Waals surface area contributed by atoms with Crippen LogP contribution >= 0.6 is 11.6 Å². The molecule has 1 aliphatic rings. The smallest absolute Gasteiger partial charge is 0.0648 e. The summed E-state index contributed by atoms with van der Waals surface area (Å²) in [5, 5.41) is 4.07. The summed E-state index contributed by atoms with van der Waals surface area (Å²) in [5.41, 5.74) is 5.09.